The summed E-state index contributed by atoms with van der Waals surface area (Å²) < 4.78 is 17.6. The number of aliphatic hydroxyl groups is 5. The zero-order valence-corrected chi connectivity index (χ0v) is 39.8. The van der Waals surface area contributed by atoms with Crippen LogP contribution in [0.3, 0.4) is 0 Å². The van der Waals surface area contributed by atoms with Gasteiger partial charge in [0.2, 0.25) is 11.8 Å². The number of rotatable bonds is 23. The van der Waals surface area contributed by atoms with E-state index in [0.717, 1.165) is 60.6 Å². The average molecular weight is 974 g/mol. The summed E-state index contributed by atoms with van der Waals surface area (Å²) in [5, 5.41) is 50.4. The van der Waals surface area contributed by atoms with Gasteiger partial charge in [0.15, 0.2) is 6.23 Å². The minimum absolute atomic E-state index is 0.00369. The fourth-order valence-electron chi connectivity index (χ4n) is 6.72. The Hall–Kier alpha value is -4.36. The molecule has 4 rings (SSSR count). The molecule has 0 aromatic carbocycles. The Labute approximate surface area is 388 Å². The molecule has 4 heterocycles. The van der Waals surface area contributed by atoms with E-state index < -0.39 is 79.6 Å². The van der Waals surface area contributed by atoms with Crippen LogP contribution in [0.1, 0.15) is 109 Å². The Balaban J connectivity index is 0.000000352. The van der Waals surface area contributed by atoms with Gasteiger partial charge >= 0.3 is 11.4 Å². The van der Waals surface area contributed by atoms with E-state index in [1.165, 1.54) is 24.5 Å². The molecule has 4 unspecified atom stereocenters. The number of aromatic amines is 2. The molecule has 2 aliphatic heterocycles. The first-order chi connectivity index (χ1) is 31.7. The van der Waals surface area contributed by atoms with Gasteiger partial charge in [0.25, 0.3) is 11.1 Å². The topological polar surface area (TPSA) is 359 Å². The van der Waals surface area contributed by atoms with Crippen molar-refractivity contribution in [1.82, 2.24) is 29.3 Å². The van der Waals surface area contributed by atoms with Crippen LogP contribution in [0.15, 0.2) is 43.7 Å². The number of carbonyl (C=O) groups is 2. The highest BCUT2D eigenvalue weighted by Crippen LogP contribution is 2.31. The van der Waals surface area contributed by atoms with Crippen molar-refractivity contribution >= 4 is 37.8 Å². The van der Waals surface area contributed by atoms with Crippen LogP contribution in [0.4, 0.5) is 0 Å². The number of unbranched alkanes of at least 4 members (excludes halogenated alkanes) is 5. The van der Waals surface area contributed by atoms with E-state index >= 15 is 0 Å². The summed E-state index contributed by atoms with van der Waals surface area (Å²) in [6.07, 6.45) is 12.6. The molecular weight excluding hydrogens is 901 g/mol. The second-order valence-electron chi connectivity index (χ2n) is 16.3. The van der Waals surface area contributed by atoms with Crippen LogP contribution in [-0.2, 0) is 23.6 Å². The zero-order chi connectivity index (χ0) is 50.3. The predicted octanol–water partition coefficient (Wildman–Crippen LogP) is -2.09. The second-order valence-corrected chi connectivity index (χ2v) is 17.9. The van der Waals surface area contributed by atoms with Crippen LogP contribution in [0, 0.1) is 5.92 Å². The first kappa shape index (κ1) is 58.8. The fraction of sp³-hybridized carbons (Fsp3) is 0.651. The SMILES string of the molecule is C=P([O-])(O)OCC(C)CN(C)C(=O)CCCCC[NH3+].CC/C=C/c1cn([C@@H]2O[C@H](CO)C(O)[C@@H]2O)c(=O)[nH]c1=O.CCCCCCNC(=O)/C=C/c1cn([C@H]2CC(O)[C@@H](CO)O2)c(=O)[nH]c1=O. The summed E-state index contributed by atoms with van der Waals surface area (Å²) >= 11 is 0. The zero-order valence-electron chi connectivity index (χ0n) is 38.9. The van der Waals surface area contributed by atoms with Crippen LogP contribution in [-0.4, -0.2) is 150 Å². The Bertz CT molecular complexity index is 2170. The Morgan fingerprint density at radius 3 is 2.13 bits per heavy atom. The van der Waals surface area contributed by atoms with Crippen LogP contribution < -0.4 is 38.4 Å². The predicted molar refractivity (Wildman–Crippen MR) is 248 cm³/mol. The van der Waals surface area contributed by atoms with E-state index in [-0.39, 0.29) is 48.5 Å². The number of carbonyl (C=O) groups excluding carboxylic acids is 2. The molecule has 23 nitrogen and oxygen atoms in total. The van der Waals surface area contributed by atoms with Crippen molar-refractivity contribution in [3.05, 3.63) is 77.3 Å². The van der Waals surface area contributed by atoms with E-state index in [1.54, 1.807) is 24.1 Å². The third kappa shape index (κ3) is 20.4. The largest absolute Gasteiger partial charge is 0.789 e. The van der Waals surface area contributed by atoms with E-state index in [9.17, 15) is 49.0 Å². The van der Waals surface area contributed by atoms with Crippen molar-refractivity contribution in [2.75, 3.05) is 46.5 Å². The van der Waals surface area contributed by atoms with Crippen LogP contribution in [0.2, 0.25) is 0 Å². The first-order valence-corrected chi connectivity index (χ1v) is 24.2. The molecule has 2 aliphatic rings. The van der Waals surface area contributed by atoms with E-state index in [0.29, 0.717) is 25.9 Å². The molecule has 12 N–H and O–H groups in total. The van der Waals surface area contributed by atoms with Gasteiger partial charge < -0.3 is 65.3 Å². The summed E-state index contributed by atoms with van der Waals surface area (Å²) in [6.45, 7) is 7.11. The number of aliphatic hydroxyl groups excluding tert-OH is 5. The molecule has 0 radical (unpaired) electrons. The Morgan fingerprint density at radius 1 is 0.955 bits per heavy atom. The van der Waals surface area contributed by atoms with Gasteiger partial charge in [-0.1, -0.05) is 58.5 Å². The lowest BCUT2D eigenvalue weighted by atomic mass is 10.1. The van der Waals surface area contributed by atoms with Crippen LogP contribution in [0.25, 0.3) is 12.2 Å². The summed E-state index contributed by atoms with van der Waals surface area (Å²) in [4.78, 5) is 96.8. The van der Waals surface area contributed by atoms with Gasteiger partial charge in [-0.3, -0.25) is 38.3 Å². The van der Waals surface area contributed by atoms with Gasteiger partial charge in [-0.05, 0) is 44.1 Å². The number of amides is 2. The number of allylic oxidation sites excluding steroid dienone is 1. The van der Waals surface area contributed by atoms with Crippen molar-refractivity contribution in [2.24, 2.45) is 5.92 Å². The lowest BCUT2D eigenvalue weighted by Gasteiger charge is -2.27. The van der Waals surface area contributed by atoms with Crippen LogP contribution >= 0.6 is 7.57 Å². The number of hydrogen-bond acceptors (Lipinski definition) is 16. The molecule has 0 saturated carbocycles. The maximum absolute atomic E-state index is 12.0. The quantitative estimate of drug-likeness (QED) is 0.0324. The lowest BCUT2D eigenvalue weighted by Crippen LogP contribution is -2.50. The van der Waals surface area contributed by atoms with Crippen molar-refractivity contribution in [3.8, 4) is 0 Å². The molecule has 0 bridgehead atoms. The summed E-state index contributed by atoms with van der Waals surface area (Å²) in [6, 6.07) is 0. The number of ether oxygens (including phenoxy) is 2. The molecule has 0 spiro atoms. The number of nitrogens with zero attached hydrogens (tertiary/aromatic N) is 3. The molecule has 2 aromatic heterocycles. The molecular formula is C43H72N7O16P. The summed E-state index contributed by atoms with van der Waals surface area (Å²) in [5.74, 6) is -0.231. The maximum Gasteiger partial charge on any atom is 0.330 e. The van der Waals surface area contributed by atoms with Gasteiger partial charge in [0, 0.05) is 59.0 Å². The molecule has 0 aliphatic carbocycles. The number of H-pyrrole nitrogens is 2. The van der Waals surface area contributed by atoms with Crippen molar-refractivity contribution in [3.63, 3.8) is 0 Å². The fourth-order valence-corrected chi connectivity index (χ4v) is 7.21. The monoisotopic (exact) mass is 973 g/mol. The number of aromatic nitrogens is 4. The Morgan fingerprint density at radius 2 is 1.57 bits per heavy atom. The van der Waals surface area contributed by atoms with Gasteiger partial charge in [-0.25, -0.2) is 9.59 Å². The molecule has 2 fully saturated rings. The Kier molecular flexibility index (Phi) is 26.5. The molecule has 67 heavy (non-hydrogen) atoms. The van der Waals surface area contributed by atoms with Crippen molar-refractivity contribution in [1.29, 1.82) is 0 Å². The van der Waals surface area contributed by atoms with Gasteiger partial charge in [-0.15, -0.1) is 0 Å². The van der Waals surface area contributed by atoms with Gasteiger partial charge in [-0.2, -0.15) is 0 Å². The smallest absolute Gasteiger partial charge is 0.330 e. The summed E-state index contributed by atoms with van der Waals surface area (Å²) in [7, 11) is -1.93. The average Bonchev–Trinajstić information content (AvgIpc) is 3.80. The lowest BCUT2D eigenvalue weighted by molar-refractivity contribution is -0.368. The molecule has 2 saturated heterocycles. The highest BCUT2D eigenvalue weighted by atomic mass is 31.2. The number of quaternary nitrogens is 1. The van der Waals surface area contributed by atoms with Crippen molar-refractivity contribution in [2.45, 2.75) is 128 Å². The molecule has 2 aromatic rings. The second kappa shape index (κ2) is 30.2. The van der Waals surface area contributed by atoms with E-state index in [4.69, 9.17) is 29.1 Å². The first-order valence-electron chi connectivity index (χ1n) is 22.5. The maximum atomic E-state index is 12.0. The molecule has 9 atom stereocenters. The highest BCUT2D eigenvalue weighted by molar-refractivity contribution is 7.56. The number of hydrogen-bond donors (Lipinski definition) is 10. The third-order valence-electron chi connectivity index (χ3n) is 10.5. The van der Waals surface area contributed by atoms with Crippen molar-refractivity contribution < 1.29 is 64.6 Å². The van der Waals surface area contributed by atoms with Gasteiger partial charge in [0.05, 0.1) is 43.6 Å². The van der Waals surface area contributed by atoms with E-state index in [1.807, 2.05) is 13.8 Å². The normalized spacial score (nSPS) is 22.7. The van der Waals surface area contributed by atoms with E-state index in [2.05, 4.69) is 34.2 Å². The highest BCUT2D eigenvalue weighted by Gasteiger charge is 2.44. The molecule has 2 amide bonds. The third-order valence-corrected chi connectivity index (χ3v) is 11.0. The number of nitrogens with one attached hydrogen (secondary N) is 3. The minimum atomic E-state index is -3.67. The van der Waals surface area contributed by atoms with Gasteiger partial charge in [0.1, 0.15) is 30.6 Å². The standard InChI is InChI=1S/C18H27N3O6.C13H18N2O6.C12H26N2O4P/c1-2-3-4-5-8-19-15(24)7-6-12-10-21(18(26)20-17(12)25)16-9-13(23)14(11-22)27-16;1-2-3-4-7-5-15(13(20)14-11(7)19)12-10(18)9(17)8(6-16)21-12;1-11(10-18-19(3,16)17)9-14(2)12(15)7-5-4-6-8-13/h6-7,10,13-14,16,22-23H,2-5,8-9,11H2,1H3,(H,19,24)(H,20,25,26);3-5,8-10,12,16-18H,2,6H2,1H3,(H,14,19,20);11H,3-10,13H2,1-2H3,(H-,16,17)/q;;-1/p+1/b7-6+;4-3+;/t13?,14-,16-;8-,9?,10+,12-;/m11./s1. The molecule has 380 valence electrons. The minimum Gasteiger partial charge on any atom is -0.789 e. The molecule has 24 heteroatoms. The van der Waals surface area contributed by atoms with Crippen LogP contribution in [0.5, 0.6) is 0 Å². The summed E-state index contributed by atoms with van der Waals surface area (Å²) in [5.41, 5.74) is 1.48.